The number of nitrogens with zero attached hydrogens (tertiary/aromatic N) is 2. The van der Waals surface area contributed by atoms with Gasteiger partial charge < -0.3 is 35.3 Å². The average molecular weight is 664 g/mol. The van der Waals surface area contributed by atoms with Gasteiger partial charge in [-0.25, -0.2) is 4.79 Å². The van der Waals surface area contributed by atoms with Crippen LogP contribution < -0.4 is 20.7 Å². The number of carbonyl (C=O) groups excluding carboxylic acids is 5. The van der Waals surface area contributed by atoms with Crippen LogP contribution in [-0.4, -0.2) is 77.5 Å². The molecule has 254 valence electrons. The quantitative estimate of drug-likeness (QED) is 0.151. The number of hydrogen-bond acceptors (Lipinski definition) is 10. The Labute approximate surface area is 276 Å². The third kappa shape index (κ3) is 11.0. The van der Waals surface area contributed by atoms with E-state index in [1.165, 1.54) is 31.2 Å². The van der Waals surface area contributed by atoms with Gasteiger partial charge in [0.2, 0.25) is 17.7 Å². The minimum atomic E-state index is -1.40. The number of ether oxygens (including phenoxy) is 3. The zero-order chi connectivity index (χ0) is 35.4. The lowest BCUT2D eigenvalue weighted by Crippen LogP contribution is -2.48. The van der Waals surface area contributed by atoms with Crippen LogP contribution in [0.2, 0.25) is 0 Å². The highest BCUT2D eigenvalue weighted by molar-refractivity contribution is 6.15. The van der Waals surface area contributed by atoms with Gasteiger partial charge in [0.15, 0.2) is 5.76 Å². The topological polar surface area (TPSA) is 213 Å². The Morgan fingerprint density at radius 2 is 1.69 bits per heavy atom. The predicted octanol–water partition coefficient (Wildman–Crippen LogP) is 2.47. The second-order valence-corrected chi connectivity index (χ2v) is 11.5. The number of nitriles is 1. The molecule has 48 heavy (non-hydrogen) atoms. The number of carbonyl (C=O) groups is 6. The zero-order valence-electron chi connectivity index (χ0n) is 26.9. The molecule has 1 aliphatic heterocycles. The Hall–Kier alpha value is -5.75. The summed E-state index contributed by atoms with van der Waals surface area (Å²) in [6.45, 7) is 6.00. The molecule has 0 radical (unpaired) electrons. The molecule has 3 rings (SSSR count). The van der Waals surface area contributed by atoms with Crippen molar-refractivity contribution in [2.45, 2.75) is 52.9 Å². The molecule has 1 unspecified atom stereocenters. The Balaban J connectivity index is 1.36. The summed E-state index contributed by atoms with van der Waals surface area (Å²) >= 11 is 0. The molecule has 0 spiro atoms. The van der Waals surface area contributed by atoms with E-state index < -0.39 is 53.3 Å². The molecule has 15 heteroatoms. The average Bonchev–Trinajstić information content (AvgIpc) is 3.32. The highest BCUT2D eigenvalue weighted by Crippen LogP contribution is 2.22. The van der Waals surface area contributed by atoms with Crippen molar-refractivity contribution in [1.82, 2.24) is 15.5 Å². The predicted molar refractivity (Wildman–Crippen MR) is 169 cm³/mol. The first-order valence-corrected chi connectivity index (χ1v) is 14.9. The van der Waals surface area contributed by atoms with Crippen LogP contribution in [0.5, 0.6) is 5.75 Å². The number of nitrogens with one attached hydrogen (secondary N) is 3. The Morgan fingerprint density at radius 1 is 1.02 bits per heavy atom. The van der Waals surface area contributed by atoms with E-state index in [-0.39, 0.29) is 32.1 Å². The van der Waals surface area contributed by atoms with Crippen LogP contribution in [0.3, 0.4) is 0 Å². The molecule has 1 heterocycles. The fourth-order valence-electron chi connectivity index (χ4n) is 4.14. The monoisotopic (exact) mass is 663 g/mol. The van der Waals surface area contributed by atoms with Gasteiger partial charge in [0, 0.05) is 12.2 Å². The molecule has 2 aromatic carbocycles. The second kappa shape index (κ2) is 16.7. The molecule has 2 aromatic rings. The van der Waals surface area contributed by atoms with Gasteiger partial charge >= 0.3 is 6.16 Å². The van der Waals surface area contributed by atoms with Gasteiger partial charge in [0.1, 0.15) is 18.4 Å². The van der Waals surface area contributed by atoms with Crippen molar-refractivity contribution < 1.29 is 48.1 Å². The number of imide groups is 1. The molecule has 0 saturated heterocycles. The van der Waals surface area contributed by atoms with Crippen molar-refractivity contribution in [2.75, 3.05) is 25.0 Å². The van der Waals surface area contributed by atoms with E-state index >= 15 is 0 Å². The minimum absolute atomic E-state index is 0.0190. The van der Waals surface area contributed by atoms with Crippen LogP contribution in [0, 0.1) is 16.7 Å². The van der Waals surface area contributed by atoms with E-state index in [0.717, 1.165) is 11.0 Å². The van der Waals surface area contributed by atoms with Gasteiger partial charge in [-0.05, 0) is 76.1 Å². The third-order valence-electron chi connectivity index (χ3n) is 7.05. The van der Waals surface area contributed by atoms with Gasteiger partial charge in [0.05, 0.1) is 42.4 Å². The molecular formula is C33H37N5O10. The second-order valence-electron chi connectivity index (χ2n) is 11.5. The van der Waals surface area contributed by atoms with E-state index in [1.807, 2.05) is 6.07 Å². The molecule has 0 fully saturated rings. The molecule has 1 aliphatic rings. The number of anilines is 1. The van der Waals surface area contributed by atoms with Crippen molar-refractivity contribution >= 4 is 41.4 Å². The smallest absolute Gasteiger partial charge is 0.451 e. The standard InChI is InChI=1S/C33H37N5O10/c1-20(13-14-38-28(40)15-26(30(38)42)48-25-11-7-22(16-34)8-12-25)47-19-33(3,4)31(43)35-17-27(39)36-21(2)29(41)37-24-9-5-23(6-10-24)18-46-32(44)45/h5-12,15,20-21H,13-14,17-19H2,1-4H3,(H,35,43)(H,36,39)(H,37,41)(H,44,45)/t20?,21-/m0/s1. The van der Waals surface area contributed by atoms with E-state index in [1.54, 1.807) is 45.0 Å². The van der Waals surface area contributed by atoms with Crippen molar-refractivity contribution in [3.63, 3.8) is 0 Å². The Kier molecular flexibility index (Phi) is 12.8. The number of hydrogen-bond donors (Lipinski definition) is 4. The van der Waals surface area contributed by atoms with Crippen LogP contribution in [0.4, 0.5) is 10.5 Å². The van der Waals surface area contributed by atoms with Crippen LogP contribution >= 0.6 is 0 Å². The SMILES string of the molecule is CC(CCN1C(=O)C=C(Oc2ccc(C#N)cc2)C1=O)OCC(C)(C)C(=O)NCC(=O)N[C@@H](C)C(=O)Nc1ccc(COC(=O)O)cc1. The molecule has 0 aliphatic carbocycles. The number of carboxylic acid groups (broad SMARTS) is 1. The summed E-state index contributed by atoms with van der Waals surface area (Å²) in [5.41, 5.74) is 0.402. The van der Waals surface area contributed by atoms with Gasteiger partial charge in [-0.2, -0.15) is 5.26 Å². The Bertz CT molecular complexity index is 1600. The summed E-state index contributed by atoms with van der Waals surface area (Å²) in [7, 11) is 0. The van der Waals surface area contributed by atoms with Gasteiger partial charge in [-0.15, -0.1) is 0 Å². The normalized spacial score (nSPS) is 13.9. The lowest BCUT2D eigenvalue weighted by Gasteiger charge is -2.26. The molecule has 0 bridgehead atoms. The molecule has 0 aromatic heterocycles. The van der Waals surface area contributed by atoms with Crippen LogP contribution in [0.15, 0.2) is 60.4 Å². The number of rotatable bonds is 16. The van der Waals surface area contributed by atoms with Crippen LogP contribution in [-0.2, 0) is 40.1 Å². The maximum absolute atomic E-state index is 12.8. The maximum atomic E-state index is 12.8. The van der Waals surface area contributed by atoms with Crippen molar-refractivity contribution in [2.24, 2.45) is 5.41 Å². The summed E-state index contributed by atoms with van der Waals surface area (Å²) in [6, 6.07) is 13.5. The maximum Gasteiger partial charge on any atom is 0.506 e. The highest BCUT2D eigenvalue weighted by Gasteiger charge is 2.34. The number of amides is 5. The molecule has 2 atom stereocenters. The van der Waals surface area contributed by atoms with Crippen molar-refractivity contribution in [1.29, 1.82) is 5.26 Å². The van der Waals surface area contributed by atoms with E-state index in [2.05, 4.69) is 20.7 Å². The van der Waals surface area contributed by atoms with Crippen molar-refractivity contribution in [3.8, 4) is 11.8 Å². The van der Waals surface area contributed by atoms with Crippen LogP contribution in [0.25, 0.3) is 0 Å². The molecular weight excluding hydrogens is 626 g/mol. The van der Waals surface area contributed by atoms with Gasteiger partial charge in [-0.1, -0.05) is 12.1 Å². The summed E-state index contributed by atoms with van der Waals surface area (Å²) in [5, 5.41) is 25.2. The largest absolute Gasteiger partial charge is 0.506 e. The summed E-state index contributed by atoms with van der Waals surface area (Å²) in [4.78, 5) is 74.4. The molecule has 4 N–H and O–H groups in total. The minimum Gasteiger partial charge on any atom is -0.451 e. The van der Waals surface area contributed by atoms with Gasteiger partial charge in [-0.3, -0.25) is 28.9 Å². The van der Waals surface area contributed by atoms with E-state index in [4.69, 9.17) is 19.8 Å². The third-order valence-corrected chi connectivity index (χ3v) is 7.05. The van der Waals surface area contributed by atoms with Gasteiger partial charge in [0.25, 0.3) is 11.8 Å². The summed E-state index contributed by atoms with van der Waals surface area (Å²) in [6.07, 6.45) is -0.438. The first-order valence-electron chi connectivity index (χ1n) is 14.9. The molecule has 15 nitrogen and oxygen atoms in total. The Morgan fingerprint density at radius 3 is 2.31 bits per heavy atom. The highest BCUT2D eigenvalue weighted by atomic mass is 16.7. The lowest BCUT2D eigenvalue weighted by atomic mass is 9.93. The fraction of sp³-hybridized carbons (Fsp3) is 0.364. The van der Waals surface area contributed by atoms with Crippen molar-refractivity contribution in [3.05, 3.63) is 71.5 Å². The van der Waals surface area contributed by atoms with E-state index in [0.29, 0.717) is 29.0 Å². The zero-order valence-corrected chi connectivity index (χ0v) is 26.9. The molecule has 0 saturated carbocycles. The fourth-order valence-corrected chi connectivity index (χ4v) is 4.14. The number of benzene rings is 2. The lowest BCUT2D eigenvalue weighted by molar-refractivity contribution is -0.138. The molecule has 5 amide bonds. The summed E-state index contributed by atoms with van der Waals surface area (Å²) in [5.74, 6) is -2.51. The van der Waals surface area contributed by atoms with Crippen LogP contribution in [0.1, 0.15) is 45.2 Å². The summed E-state index contributed by atoms with van der Waals surface area (Å²) < 4.78 is 15.8. The van der Waals surface area contributed by atoms with E-state index in [9.17, 15) is 28.8 Å². The first kappa shape index (κ1) is 36.7. The first-order chi connectivity index (χ1) is 22.7.